The number of halogens is 1. The first kappa shape index (κ1) is 13.1. The average Bonchev–Trinajstić information content (AvgIpc) is 2.46. The van der Waals surface area contributed by atoms with Crippen LogP contribution in [0.2, 0.25) is 5.02 Å². The molecule has 0 aromatic heterocycles. The number of methoxy groups -OCH3 is 1. The number of anilines is 1. The van der Waals surface area contributed by atoms with Crippen LogP contribution in [-0.2, 0) is 0 Å². The fraction of sp³-hybridized carbons (Fsp3) is 0.625. The highest BCUT2D eigenvalue weighted by Gasteiger charge is 2.46. The normalized spacial score (nSPS) is 24.8. The first-order valence-electron chi connectivity index (χ1n) is 7.34. The van der Waals surface area contributed by atoms with Crippen molar-refractivity contribution in [3.05, 3.63) is 23.2 Å². The standard InChI is InChI=1S/C16H22ClNO/c1-19-12-5-6-13(17)14(11-12)18-15-7-10-16(15)8-3-2-4-9-16/h5-6,11,15,18H,2-4,7-10H2,1H3. The van der Waals surface area contributed by atoms with Gasteiger partial charge in [-0.1, -0.05) is 30.9 Å². The van der Waals surface area contributed by atoms with Gasteiger partial charge in [-0.2, -0.15) is 0 Å². The summed E-state index contributed by atoms with van der Waals surface area (Å²) in [6.45, 7) is 0. The zero-order valence-electron chi connectivity index (χ0n) is 11.5. The third-order valence-electron chi connectivity index (χ3n) is 5.02. The summed E-state index contributed by atoms with van der Waals surface area (Å²) < 4.78 is 5.28. The third kappa shape index (κ3) is 2.43. The molecule has 19 heavy (non-hydrogen) atoms. The monoisotopic (exact) mass is 279 g/mol. The summed E-state index contributed by atoms with van der Waals surface area (Å²) in [6.07, 6.45) is 9.61. The van der Waals surface area contributed by atoms with Crippen LogP contribution >= 0.6 is 11.6 Å². The second-order valence-electron chi connectivity index (χ2n) is 6.00. The molecule has 0 amide bonds. The van der Waals surface area contributed by atoms with Gasteiger partial charge in [-0.3, -0.25) is 0 Å². The molecule has 0 saturated heterocycles. The first-order valence-corrected chi connectivity index (χ1v) is 7.71. The van der Waals surface area contributed by atoms with Crippen molar-refractivity contribution in [3.63, 3.8) is 0 Å². The topological polar surface area (TPSA) is 21.3 Å². The molecule has 1 aromatic carbocycles. The minimum Gasteiger partial charge on any atom is -0.497 e. The SMILES string of the molecule is COc1ccc(Cl)c(NC2CCC23CCCCC3)c1. The molecule has 1 N–H and O–H groups in total. The maximum atomic E-state index is 6.29. The Morgan fingerprint density at radius 2 is 2.00 bits per heavy atom. The van der Waals surface area contributed by atoms with Gasteiger partial charge in [-0.25, -0.2) is 0 Å². The Morgan fingerprint density at radius 1 is 1.21 bits per heavy atom. The summed E-state index contributed by atoms with van der Waals surface area (Å²) in [6, 6.07) is 6.42. The van der Waals surface area contributed by atoms with Crippen LogP contribution in [0.15, 0.2) is 18.2 Å². The number of rotatable bonds is 3. The van der Waals surface area contributed by atoms with Gasteiger partial charge in [0.25, 0.3) is 0 Å². The molecule has 0 bridgehead atoms. The van der Waals surface area contributed by atoms with Gasteiger partial charge in [0.05, 0.1) is 17.8 Å². The number of hydrogen-bond donors (Lipinski definition) is 1. The van der Waals surface area contributed by atoms with Crippen LogP contribution in [0.3, 0.4) is 0 Å². The third-order valence-corrected chi connectivity index (χ3v) is 5.35. The summed E-state index contributed by atoms with van der Waals surface area (Å²) in [4.78, 5) is 0. The second-order valence-corrected chi connectivity index (χ2v) is 6.41. The summed E-state index contributed by atoms with van der Waals surface area (Å²) in [7, 11) is 1.69. The van der Waals surface area contributed by atoms with Crippen molar-refractivity contribution in [3.8, 4) is 5.75 Å². The molecule has 1 atom stereocenters. The lowest BCUT2D eigenvalue weighted by atomic mass is 9.57. The van der Waals surface area contributed by atoms with Crippen molar-refractivity contribution < 1.29 is 4.74 Å². The Bertz CT molecular complexity index is 454. The van der Waals surface area contributed by atoms with Gasteiger partial charge in [0, 0.05) is 12.1 Å². The van der Waals surface area contributed by atoms with Crippen molar-refractivity contribution in [2.24, 2.45) is 5.41 Å². The van der Waals surface area contributed by atoms with Crippen LogP contribution in [0.4, 0.5) is 5.69 Å². The van der Waals surface area contributed by atoms with E-state index in [1.807, 2.05) is 18.2 Å². The summed E-state index contributed by atoms with van der Waals surface area (Å²) in [5.74, 6) is 0.865. The number of ether oxygens (including phenoxy) is 1. The van der Waals surface area contributed by atoms with E-state index in [2.05, 4.69) is 5.32 Å². The van der Waals surface area contributed by atoms with E-state index in [0.717, 1.165) is 16.5 Å². The van der Waals surface area contributed by atoms with Crippen LogP contribution in [0.25, 0.3) is 0 Å². The quantitative estimate of drug-likeness (QED) is 0.852. The molecule has 3 heteroatoms. The van der Waals surface area contributed by atoms with E-state index in [9.17, 15) is 0 Å². The van der Waals surface area contributed by atoms with Gasteiger partial charge in [0.1, 0.15) is 5.75 Å². The number of benzene rings is 1. The second kappa shape index (κ2) is 5.24. The Kier molecular flexibility index (Phi) is 3.62. The molecule has 104 valence electrons. The van der Waals surface area contributed by atoms with E-state index in [4.69, 9.17) is 16.3 Å². The van der Waals surface area contributed by atoms with E-state index >= 15 is 0 Å². The molecule has 0 radical (unpaired) electrons. The molecule has 0 heterocycles. The van der Waals surface area contributed by atoms with Crippen LogP contribution < -0.4 is 10.1 Å². The molecular weight excluding hydrogens is 258 g/mol. The molecule has 3 rings (SSSR count). The highest BCUT2D eigenvalue weighted by molar-refractivity contribution is 6.33. The van der Waals surface area contributed by atoms with Crippen molar-refractivity contribution >= 4 is 17.3 Å². The van der Waals surface area contributed by atoms with Gasteiger partial charge in [-0.15, -0.1) is 0 Å². The van der Waals surface area contributed by atoms with Crippen molar-refractivity contribution in [2.75, 3.05) is 12.4 Å². The molecule has 1 aromatic rings. The van der Waals surface area contributed by atoms with Crippen LogP contribution in [0, 0.1) is 5.41 Å². The molecule has 2 nitrogen and oxygen atoms in total. The van der Waals surface area contributed by atoms with E-state index in [1.165, 1.54) is 44.9 Å². The van der Waals surface area contributed by atoms with Gasteiger partial charge >= 0.3 is 0 Å². The van der Waals surface area contributed by atoms with Gasteiger partial charge < -0.3 is 10.1 Å². The predicted molar refractivity (Wildman–Crippen MR) is 80.2 cm³/mol. The lowest BCUT2D eigenvalue weighted by molar-refractivity contribution is 0.0571. The Balaban J connectivity index is 1.74. The van der Waals surface area contributed by atoms with Crippen molar-refractivity contribution in [1.29, 1.82) is 0 Å². The summed E-state index contributed by atoms with van der Waals surface area (Å²) in [5, 5.41) is 4.46. The number of hydrogen-bond acceptors (Lipinski definition) is 2. The van der Waals surface area contributed by atoms with Crippen LogP contribution in [0.1, 0.15) is 44.9 Å². The summed E-state index contributed by atoms with van der Waals surface area (Å²) >= 11 is 6.29. The van der Waals surface area contributed by atoms with Crippen LogP contribution in [-0.4, -0.2) is 13.2 Å². The molecular formula is C16H22ClNO. The zero-order valence-corrected chi connectivity index (χ0v) is 12.3. The molecule has 2 aliphatic rings. The summed E-state index contributed by atoms with van der Waals surface area (Å²) in [5.41, 5.74) is 1.57. The Morgan fingerprint density at radius 3 is 2.63 bits per heavy atom. The largest absolute Gasteiger partial charge is 0.497 e. The zero-order chi connectivity index (χ0) is 13.3. The Labute approximate surface area is 120 Å². The first-order chi connectivity index (χ1) is 9.23. The van der Waals surface area contributed by atoms with Gasteiger partial charge in [0.15, 0.2) is 0 Å². The molecule has 2 fully saturated rings. The lowest BCUT2D eigenvalue weighted by Crippen LogP contribution is -2.50. The van der Waals surface area contributed by atoms with Crippen molar-refractivity contribution in [2.45, 2.75) is 51.0 Å². The highest BCUT2D eigenvalue weighted by atomic mass is 35.5. The maximum Gasteiger partial charge on any atom is 0.121 e. The highest BCUT2D eigenvalue weighted by Crippen LogP contribution is 2.53. The smallest absolute Gasteiger partial charge is 0.121 e. The van der Waals surface area contributed by atoms with E-state index in [-0.39, 0.29) is 0 Å². The minimum absolute atomic E-state index is 0.546. The molecule has 1 unspecified atom stereocenters. The minimum atomic E-state index is 0.546. The number of nitrogens with one attached hydrogen (secondary N) is 1. The van der Waals surface area contributed by atoms with Gasteiger partial charge in [-0.05, 0) is 43.2 Å². The van der Waals surface area contributed by atoms with Crippen molar-refractivity contribution in [1.82, 2.24) is 0 Å². The lowest BCUT2D eigenvalue weighted by Gasteiger charge is -2.52. The fourth-order valence-corrected chi connectivity index (χ4v) is 3.88. The van der Waals surface area contributed by atoms with Crippen LogP contribution in [0.5, 0.6) is 5.75 Å². The van der Waals surface area contributed by atoms with E-state index < -0.39 is 0 Å². The molecule has 0 aliphatic heterocycles. The molecule has 2 saturated carbocycles. The maximum absolute atomic E-state index is 6.29. The predicted octanol–water partition coefficient (Wildman–Crippen LogP) is 4.87. The molecule has 1 spiro atoms. The van der Waals surface area contributed by atoms with E-state index in [0.29, 0.717) is 11.5 Å². The Hall–Kier alpha value is -0.890. The fourth-order valence-electron chi connectivity index (χ4n) is 3.71. The van der Waals surface area contributed by atoms with E-state index in [1.54, 1.807) is 7.11 Å². The average molecular weight is 280 g/mol. The molecule has 2 aliphatic carbocycles. The van der Waals surface area contributed by atoms with Gasteiger partial charge in [0.2, 0.25) is 0 Å².